The van der Waals surface area contributed by atoms with E-state index in [4.69, 9.17) is 19.4 Å². The van der Waals surface area contributed by atoms with Gasteiger partial charge in [-0.2, -0.15) is 0 Å². The van der Waals surface area contributed by atoms with E-state index < -0.39 is 12.1 Å². The molecular formula is C51H61N7O5. The highest BCUT2D eigenvalue weighted by Crippen LogP contribution is 2.49. The van der Waals surface area contributed by atoms with Gasteiger partial charge in [0, 0.05) is 41.3 Å². The number of imidazole rings is 2. The molecule has 3 saturated heterocycles. The van der Waals surface area contributed by atoms with E-state index in [9.17, 15) is 14.4 Å². The van der Waals surface area contributed by atoms with Crippen LogP contribution in [-0.2, 0) is 19.1 Å². The summed E-state index contributed by atoms with van der Waals surface area (Å²) in [6.45, 7) is 12.4. The van der Waals surface area contributed by atoms with Crippen LogP contribution in [0.25, 0.3) is 54.7 Å². The molecule has 12 heteroatoms. The fourth-order valence-corrected chi connectivity index (χ4v) is 11.5. The molecule has 4 aromatic carbocycles. The largest absolute Gasteiger partial charge is 0.453 e. The lowest BCUT2D eigenvalue weighted by Gasteiger charge is -2.36. The minimum Gasteiger partial charge on any atom is -0.453 e. The number of aromatic nitrogens is 4. The van der Waals surface area contributed by atoms with Gasteiger partial charge in [0.1, 0.15) is 17.7 Å². The Balaban J connectivity index is 0.946. The topological polar surface area (TPSA) is 146 Å². The molecule has 0 bridgehead atoms. The minimum atomic E-state index is -0.689. The van der Waals surface area contributed by atoms with E-state index in [1.54, 1.807) is 0 Å². The van der Waals surface area contributed by atoms with Crippen LogP contribution in [-0.4, -0.2) is 86.6 Å². The molecule has 4 fully saturated rings. The summed E-state index contributed by atoms with van der Waals surface area (Å²) < 4.78 is 10.9. The van der Waals surface area contributed by atoms with Crippen LogP contribution in [0.4, 0.5) is 4.79 Å². The number of nitrogens with zero attached hydrogens (tertiary/aromatic N) is 4. The number of H-pyrrole nitrogens is 2. The van der Waals surface area contributed by atoms with Crippen molar-refractivity contribution in [2.45, 2.75) is 110 Å². The van der Waals surface area contributed by atoms with Gasteiger partial charge in [0.2, 0.25) is 11.8 Å². The summed E-state index contributed by atoms with van der Waals surface area (Å²) in [5, 5.41) is 7.22. The molecule has 2 aromatic heterocycles. The van der Waals surface area contributed by atoms with Gasteiger partial charge < -0.3 is 34.6 Å². The minimum absolute atomic E-state index is 0.0320. The SMILES string of the molecule is COC(=O)N[C@H](C(=O)N1[C@H](c2nc3ccc4cc(-c5ccc6c(ccc7nc([C@@H]8C[C@@]9(CCCOC9)CN8C(=O)[C@@H](C)C(C)C)[nH]c76)c5)ccc4c3[nH]2)C[C@@H]2CCCC[C@@H]21)C(C)C. The summed E-state index contributed by atoms with van der Waals surface area (Å²) >= 11 is 0. The first kappa shape index (κ1) is 41.5. The van der Waals surface area contributed by atoms with Crippen LogP contribution in [0, 0.1) is 29.1 Å². The number of benzene rings is 4. The van der Waals surface area contributed by atoms with Crippen molar-refractivity contribution in [2.24, 2.45) is 29.1 Å². The maximum atomic E-state index is 14.4. The number of carbonyl (C=O) groups excluding carboxylic acids is 3. The highest BCUT2D eigenvalue weighted by Gasteiger charge is 2.50. The second kappa shape index (κ2) is 16.3. The Hall–Kier alpha value is -5.49. The Labute approximate surface area is 368 Å². The molecule has 0 radical (unpaired) electrons. The second-order valence-corrected chi connectivity index (χ2v) is 19.9. The molecule has 3 amide bonds. The number of fused-ring (bicyclic) bond motifs is 7. The number of amides is 3. The molecule has 12 nitrogen and oxygen atoms in total. The molecule has 3 aliphatic heterocycles. The lowest BCUT2D eigenvalue weighted by Crippen LogP contribution is -2.53. The van der Waals surface area contributed by atoms with Crippen LogP contribution in [0.3, 0.4) is 0 Å². The number of rotatable bonds is 8. The third-order valence-electron chi connectivity index (χ3n) is 15.3. The smallest absolute Gasteiger partial charge is 0.407 e. The standard InChI is InChI=1S/C51H61N7O5/c1-28(2)30(5)48(59)57-26-51(20-9-21-63-27-51)25-42(57)47-53-39-19-15-34-23-32(13-17-37(34)45(39)55-47)31-12-16-36-33(22-31)14-18-38-44(36)54-46(52-38)41-24-35-10-7-8-11-40(35)58(41)49(60)43(29(3)4)56-50(61)62-6/h12-19,22-23,28-30,35,40-43H,7-11,20-21,24-27H2,1-6H3,(H,52,54)(H,53,55)(H,56,61)/t30-,35-,40-,41-,42-,43-,51-/m0/s1. The number of hydrogen-bond acceptors (Lipinski definition) is 7. The molecule has 5 heterocycles. The molecule has 0 unspecified atom stereocenters. The Bertz CT molecular complexity index is 2730. The van der Waals surface area contributed by atoms with E-state index in [2.05, 4.69) is 102 Å². The van der Waals surface area contributed by atoms with Gasteiger partial charge in [-0.25, -0.2) is 14.8 Å². The third kappa shape index (κ3) is 7.31. The summed E-state index contributed by atoms with van der Waals surface area (Å²) in [6.07, 6.45) is 7.50. The molecule has 3 N–H and O–H groups in total. The molecule has 330 valence electrons. The summed E-state index contributed by atoms with van der Waals surface area (Å²) in [4.78, 5) is 62.6. The number of likely N-dealkylation sites (tertiary alicyclic amines) is 2. The van der Waals surface area contributed by atoms with Gasteiger partial charge in [-0.15, -0.1) is 0 Å². The van der Waals surface area contributed by atoms with Crippen molar-refractivity contribution in [2.75, 3.05) is 26.9 Å². The van der Waals surface area contributed by atoms with Gasteiger partial charge >= 0.3 is 6.09 Å². The molecule has 1 saturated carbocycles. The number of carbonyl (C=O) groups is 3. The van der Waals surface area contributed by atoms with Crippen LogP contribution >= 0.6 is 0 Å². The Morgan fingerprint density at radius 3 is 2.02 bits per heavy atom. The number of ether oxygens (including phenoxy) is 2. The van der Waals surface area contributed by atoms with Crippen molar-refractivity contribution < 1.29 is 23.9 Å². The molecule has 1 spiro atoms. The van der Waals surface area contributed by atoms with Crippen molar-refractivity contribution in [1.82, 2.24) is 35.1 Å². The highest BCUT2D eigenvalue weighted by molar-refractivity contribution is 6.07. The van der Waals surface area contributed by atoms with E-state index in [-0.39, 0.29) is 53.1 Å². The second-order valence-electron chi connectivity index (χ2n) is 19.9. The van der Waals surface area contributed by atoms with Crippen LogP contribution in [0.5, 0.6) is 0 Å². The fraction of sp³-hybridized carbons (Fsp3) is 0.510. The first-order chi connectivity index (χ1) is 30.4. The zero-order valence-corrected chi connectivity index (χ0v) is 37.5. The Morgan fingerprint density at radius 1 is 0.794 bits per heavy atom. The van der Waals surface area contributed by atoms with Crippen molar-refractivity contribution >= 4 is 61.5 Å². The van der Waals surface area contributed by atoms with E-state index in [1.165, 1.54) is 13.5 Å². The van der Waals surface area contributed by atoms with Crippen molar-refractivity contribution in [1.29, 1.82) is 0 Å². The number of methoxy groups -OCH3 is 1. The van der Waals surface area contributed by atoms with Crippen LogP contribution < -0.4 is 5.32 Å². The van der Waals surface area contributed by atoms with Crippen LogP contribution in [0.2, 0.25) is 0 Å². The van der Waals surface area contributed by atoms with E-state index >= 15 is 0 Å². The van der Waals surface area contributed by atoms with Crippen molar-refractivity contribution in [3.05, 3.63) is 72.3 Å². The first-order valence-electron chi connectivity index (χ1n) is 23.3. The quantitative estimate of drug-likeness (QED) is 0.138. The lowest BCUT2D eigenvalue weighted by molar-refractivity contribution is -0.139. The van der Waals surface area contributed by atoms with Crippen molar-refractivity contribution in [3.63, 3.8) is 0 Å². The van der Waals surface area contributed by atoms with Gasteiger partial charge in [-0.1, -0.05) is 83.9 Å². The molecule has 7 atom stereocenters. The van der Waals surface area contributed by atoms with E-state index in [1.807, 2.05) is 18.7 Å². The Kier molecular flexibility index (Phi) is 10.7. The fourth-order valence-electron chi connectivity index (χ4n) is 11.5. The molecule has 6 aromatic rings. The summed E-state index contributed by atoms with van der Waals surface area (Å²) in [7, 11) is 1.33. The average molecular weight is 852 g/mol. The van der Waals surface area contributed by atoms with Crippen molar-refractivity contribution in [3.8, 4) is 11.1 Å². The number of alkyl carbamates (subject to hydrolysis) is 1. The summed E-state index contributed by atoms with van der Waals surface area (Å²) in [6, 6.07) is 20.8. The molecule has 1 aliphatic carbocycles. The van der Waals surface area contributed by atoms with Gasteiger partial charge in [0.15, 0.2) is 0 Å². The lowest BCUT2D eigenvalue weighted by atomic mass is 9.80. The number of aromatic amines is 2. The maximum Gasteiger partial charge on any atom is 0.407 e. The van der Waals surface area contributed by atoms with Crippen LogP contribution in [0.15, 0.2) is 60.7 Å². The Morgan fingerprint density at radius 2 is 1.43 bits per heavy atom. The predicted octanol–water partition coefficient (Wildman–Crippen LogP) is 9.99. The van der Waals surface area contributed by atoms with Gasteiger partial charge in [0.05, 0.1) is 47.9 Å². The number of hydrogen-bond donors (Lipinski definition) is 3. The molecule has 63 heavy (non-hydrogen) atoms. The van der Waals surface area contributed by atoms with Gasteiger partial charge in [-0.3, -0.25) is 9.59 Å². The predicted molar refractivity (Wildman–Crippen MR) is 246 cm³/mol. The van der Waals surface area contributed by atoms with E-state index in [0.29, 0.717) is 19.1 Å². The third-order valence-corrected chi connectivity index (χ3v) is 15.3. The molecule has 10 rings (SSSR count). The number of nitrogens with one attached hydrogen (secondary N) is 3. The van der Waals surface area contributed by atoms with E-state index in [0.717, 1.165) is 118 Å². The summed E-state index contributed by atoms with van der Waals surface area (Å²) in [5.74, 6) is 2.27. The average Bonchev–Trinajstić information content (AvgIpc) is 4.10. The van der Waals surface area contributed by atoms with Crippen LogP contribution in [0.1, 0.15) is 110 Å². The maximum absolute atomic E-state index is 14.4. The van der Waals surface area contributed by atoms with Gasteiger partial charge in [0.25, 0.3) is 0 Å². The highest BCUT2D eigenvalue weighted by atomic mass is 16.5. The monoisotopic (exact) mass is 851 g/mol. The normalized spacial score (nSPS) is 24.9. The zero-order chi connectivity index (χ0) is 43.7. The summed E-state index contributed by atoms with van der Waals surface area (Å²) in [5.41, 5.74) is 5.94. The molecular weight excluding hydrogens is 791 g/mol. The first-order valence-corrected chi connectivity index (χ1v) is 23.3. The zero-order valence-electron chi connectivity index (χ0n) is 37.5. The van der Waals surface area contributed by atoms with Gasteiger partial charge in [-0.05, 0) is 102 Å². The molecule has 4 aliphatic rings.